The van der Waals surface area contributed by atoms with Gasteiger partial charge in [0.25, 0.3) is 0 Å². The number of aromatic nitrogens is 3. The summed E-state index contributed by atoms with van der Waals surface area (Å²) in [5.41, 5.74) is 7.76. The summed E-state index contributed by atoms with van der Waals surface area (Å²) in [4.78, 5) is 13.0. The zero-order valence-electron chi connectivity index (χ0n) is 26.3. The van der Waals surface area contributed by atoms with Gasteiger partial charge < -0.3 is 4.43 Å². The van der Waals surface area contributed by atoms with E-state index in [1.54, 1.807) is 0 Å². The van der Waals surface area contributed by atoms with Crippen LogP contribution in [-0.4, -0.2) is 24.0 Å². The molecular weight excluding hydrogens is 555 g/mol. The average Bonchev–Trinajstić information content (AvgIpc) is 3.07. The lowest BCUT2D eigenvalue weighted by atomic mass is 9.85. The topological polar surface area (TPSA) is 47.9 Å². The van der Waals surface area contributed by atoms with Gasteiger partial charge in [0.05, 0.1) is 17.1 Å². The molecular formula is C39H41N3OSi. The lowest BCUT2D eigenvalue weighted by Gasteiger charge is -2.26. The maximum atomic E-state index is 6.26. The van der Waals surface area contributed by atoms with E-state index in [0.29, 0.717) is 0 Å². The van der Waals surface area contributed by atoms with Gasteiger partial charge in [-0.05, 0) is 66.5 Å². The Morgan fingerprint density at radius 3 is 1.30 bits per heavy atom. The van der Waals surface area contributed by atoms with E-state index in [1.807, 2.05) is 110 Å². The number of hydrogen-bond donors (Lipinski definition) is 0. The monoisotopic (exact) mass is 595 g/mol. The molecule has 44 heavy (non-hydrogen) atoms. The zero-order chi connectivity index (χ0) is 31.2. The van der Waals surface area contributed by atoms with E-state index in [4.69, 9.17) is 4.43 Å². The minimum absolute atomic E-state index is 0.0589. The molecule has 6 rings (SSSR count). The molecule has 4 nitrogen and oxygen atoms in total. The lowest BCUT2D eigenvalue weighted by molar-refractivity contribution is 0.522. The Labute approximate surface area is 264 Å². The Morgan fingerprint density at radius 2 is 0.909 bits per heavy atom. The highest BCUT2D eigenvalue weighted by Crippen LogP contribution is 2.38. The first-order chi connectivity index (χ1) is 21.3. The summed E-state index contributed by atoms with van der Waals surface area (Å²) in [6.07, 6.45) is 5.44. The van der Waals surface area contributed by atoms with Gasteiger partial charge in [0.1, 0.15) is 5.75 Å². The summed E-state index contributed by atoms with van der Waals surface area (Å²) in [6.45, 7) is 11.1. The van der Waals surface area contributed by atoms with E-state index < -0.39 is 9.04 Å². The minimum Gasteiger partial charge on any atom is -0.546 e. The van der Waals surface area contributed by atoms with Crippen molar-refractivity contribution in [2.75, 3.05) is 0 Å². The fraction of sp³-hybridized carbons (Fsp3) is 0.154. The molecule has 6 aromatic rings. The van der Waals surface area contributed by atoms with E-state index in [2.05, 4.69) is 91.3 Å². The van der Waals surface area contributed by atoms with Crippen molar-refractivity contribution in [1.82, 2.24) is 15.0 Å². The van der Waals surface area contributed by atoms with E-state index in [9.17, 15) is 0 Å². The van der Waals surface area contributed by atoms with E-state index in [1.165, 1.54) is 5.56 Å². The quantitative estimate of drug-likeness (QED) is 0.186. The molecule has 0 aliphatic carbocycles. The van der Waals surface area contributed by atoms with Crippen molar-refractivity contribution < 1.29 is 4.43 Å². The smallest absolute Gasteiger partial charge is 0.229 e. The molecule has 0 radical (unpaired) electrons. The van der Waals surface area contributed by atoms with Gasteiger partial charge in [-0.2, -0.15) is 0 Å². The van der Waals surface area contributed by atoms with Crippen LogP contribution in [0.15, 0.2) is 152 Å². The Morgan fingerprint density at radius 1 is 0.477 bits per heavy atom. The molecule has 0 atom stereocenters. The molecule has 0 spiro atoms. The number of hydrogen-bond acceptors (Lipinski definition) is 4. The Balaban J connectivity index is 0.000000159. The Bertz CT molecular complexity index is 1510. The number of rotatable bonds is 5. The van der Waals surface area contributed by atoms with Crippen molar-refractivity contribution in [1.29, 1.82) is 0 Å². The van der Waals surface area contributed by atoms with Gasteiger partial charge in [0.2, 0.25) is 9.04 Å². The molecule has 5 heteroatoms. The second-order valence-corrected chi connectivity index (χ2v) is 13.8. The molecule has 0 aliphatic rings. The van der Waals surface area contributed by atoms with Crippen LogP contribution in [0, 0.1) is 0 Å². The summed E-state index contributed by atoms with van der Waals surface area (Å²) in [5.74, 6) is 1.01. The van der Waals surface area contributed by atoms with Crippen molar-refractivity contribution in [3.8, 4) is 39.5 Å². The standard InChI is InChI=1S/C17H23NOSi.2C11H9N/c1-17(2,3)14-10-8-9-13(16(14)19-20(4)5)15-11-6-7-12-18-15;2*1-2-6-10(7-3-1)11-8-4-5-9-12-11/h6-12,20H,1-5H3;2*1-9H. The van der Waals surface area contributed by atoms with Gasteiger partial charge in [-0.3, -0.25) is 15.0 Å². The SMILES string of the molecule is C[SiH](C)Oc1c(-c2ccccn2)cccc1C(C)(C)C.c1ccc(-c2ccccn2)cc1.c1ccc(-c2ccccn2)cc1. The number of pyridine rings is 3. The maximum Gasteiger partial charge on any atom is 0.229 e. The van der Waals surface area contributed by atoms with Crippen LogP contribution >= 0.6 is 0 Å². The lowest BCUT2D eigenvalue weighted by Crippen LogP contribution is -2.19. The van der Waals surface area contributed by atoms with E-state index >= 15 is 0 Å². The highest BCUT2D eigenvalue weighted by molar-refractivity contribution is 6.49. The third kappa shape index (κ3) is 9.58. The second-order valence-electron chi connectivity index (χ2n) is 11.5. The number of para-hydroxylation sites is 1. The first-order valence-electron chi connectivity index (χ1n) is 15.0. The van der Waals surface area contributed by atoms with Crippen LogP contribution in [-0.2, 0) is 5.41 Å². The third-order valence-electron chi connectivity index (χ3n) is 6.59. The predicted octanol–water partition coefficient (Wildman–Crippen LogP) is 9.91. The van der Waals surface area contributed by atoms with Crippen molar-refractivity contribution in [2.24, 2.45) is 0 Å². The molecule has 3 aromatic carbocycles. The van der Waals surface area contributed by atoms with Gasteiger partial charge in [0, 0.05) is 35.3 Å². The first kappa shape index (κ1) is 32.0. The summed E-state index contributed by atoms with van der Waals surface area (Å²) >= 11 is 0. The van der Waals surface area contributed by atoms with Gasteiger partial charge in [0.15, 0.2) is 0 Å². The Hall–Kier alpha value is -4.87. The van der Waals surface area contributed by atoms with Crippen LogP contribution in [0.25, 0.3) is 33.8 Å². The fourth-order valence-electron chi connectivity index (χ4n) is 4.50. The van der Waals surface area contributed by atoms with Crippen LogP contribution in [0.4, 0.5) is 0 Å². The predicted molar refractivity (Wildman–Crippen MR) is 187 cm³/mol. The van der Waals surface area contributed by atoms with Crippen molar-refractivity contribution in [3.05, 3.63) is 158 Å². The molecule has 0 unspecified atom stereocenters. The Kier molecular flexibility index (Phi) is 11.7. The molecule has 0 bridgehead atoms. The minimum atomic E-state index is -1.18. The fourth-order valence-corrected chi connectivity index (χ4v) is 5.22. The summed E-state index contributed by atoms with van der Waals surface area (Å²) in [6, 6.07) is 44.5. The van der Waals surface area contributed by atoms with Crippen LogP contribution in [0.1, 0.15) is 26.3 Å². The summed E-state index contributed by atoms with van der Waals surface area (Å²) < 4.78 is 6.26. The molecule has 0 aliphatic heterocycles. The second kappa shape index (κ2) is 16.1. The highest BCUT2D eigenvalue weighted by Gasteiger charge is 2.22. The summed E-state index contributed by atoms with van der Waals surface area (Å²) in [7, 11) is -1.18. The maximum absolute atomic E-state index is 6.26. The molecule has 0 fully saturated rings. The van der Waals surface area contributed by atoms with Crippen LogP contribution in [0.2, 0.25) is 13.1 Å². The molecule has 0 saturated carbocycles. The van der Waals surface area contributed by atoms with Crippen molar-refractivity contribution in [3.63, 3.8) is 0 Å². The highest BCUT2D eigenvalue weighted by atomic mass is 28.3. The van der Waals surface area contributed by atoms with Gasteiger partial charge in [-0.1, -0.05) is 112 Å². The van der Waals surface area contributed by atoms with Crippen LogP contribution in [0.3, 0.4) is 0 Å². The molecule has 3 heterocycles. The first-order valence-corrected chi connectivity index (χ1v) is 17.8. The molecule has 0 amide bonds. The molecule has 0 N–H and O–H groups in total. The molecule has 3 aromatic heterocycles. The van der Waals surface area contributed by atoms with Gasteiger partial charge in [-0.25, -0.2) is 0 Å². The zero-order valence-corrected chi connectivity index (χ0v) is 27.4. The van der Waals surface area contributed by atoms with Crippen molar-refractivity contribution >= 4 is 9.04 Å². The average molecular weight is 596 g/mol. The van der Waals surface area contributed by atoms with Gasteiger partial charge >= 0.3 is 0 Å². The van der Waals surface area contributed by atoms with E-state index in [-0.39, 0.29) is 5.41 Å². The van der Waals surface area contributed by atoms with Gasteiger partial charge in [-0.15, -0.1) is 0 Å². The van der Waals surface area contributed by atoms with Crippen LogP contribution in [0.5, 0.6) is 5.75 Å². The largest absolute Gasteiger partial charge is 0.546 e. The summed E-state index contributed by atoms with van der Waals surface area (Å²) in [5, 5.41) is 0. The third-order valence-corrected chi connectivity index (χ3v) is 7.29. The van der Waals surface area contributed by atoms with Crippen molar-refractivity contribution in [2.45, 2.75) is 39.3 Å². The number of nitrogens with zero attached hydrogens (tertiary/aromatic N) is 3. The van der Waals surface area contributed by atoms with E-state index in [0.717, 1.165) is 39.5 Å². The van der Waals surface area contributed by atoms with Crippen LogP contribution < -0.4 is 4.43 Å². The molecule has 222 valence electrons. The number of benzene rings is 3. The normalized spacial score (nSPS) is 10.6. The molecule has 0 saturated heterocycles.